The van der Waals surface area contributed by atoms with Crippen molar-refractivity contribution in [2.75, 3.05) is 7.11 Å². The lowest BCUT2D eigenvalue weighted by atomic mass is 10.1. The molecule has 1 aromatic carbocycles. The lowest BCUT2D eigenvalue weighted by Gasteiger charge is -1.93. The molecule has 0 amide bonds. The summed E-state index contributed by atoms with van der Waals surface area (Å²) in [6, 6.07) is 5.61. The van der Waals surface area contributed by atoms with E-state index in [4.69, 9.17) is 5.26 Å². The first-order chi connectivity index (χ1) is 7.17. The van der Waals surface area contributed by atoms with Gasteiger partial charge in [-0.25, -0.2) is 9.18 Å². The van der Waals surface area contributed by atoms with Gasteiger partial charge < -0.3 is 4.74 Å². The van der Waals surface area contributed by atoms with E-state index in [0.29, 0.717) is 0 Å². The summed E-state index contributed by atoms with van der Waals surface area (Å²) in [4.78, 5) is 10.6. The van der Waals surface area contributed by atoms with Crippen molar-refractivity contribution < 1.29 is 13.9 Å². The zero-order valence-electron chi connectivity index (χ0n) is 7.87. The van der Waals surface area contributed by atoms with Gasteiger partial charge in [0.2, 0.25) is 0 Å². The van der Waals surface area contributed by atoms with Crippen LogP contribution in [-0.2, 0) is 9.53 Å². The lowest BCUT2D eigenvalue weighted by molar-refractivity contribution is -0.133. The molecule has 0 bridgehead atoms. The number of carbonyl (C=O) groups is 1. The van der Waals surface area contributed by atoms with Crippen molar-refractivity contribution in [2.45, 2.75) is 0 Å². The molecular formula is C11H6FNO2. The summed E-state index contributed by atoms with van der Waals surface area (Å²) in [5.41, 5.74) is 0.260. The normalized spacial score (nSPS) is 8.33. The molecule has 0 unspecified atom stereocenters. The summed E-state index contributed by atoms with van der Waals surface area (Å²) >= 11 is 0. The van der Waals surface area contributed by atoms with Gasteiger partial charge in [0.15, 0.2) is 0 Å². The molecule has 0 heterocycles. The Morgan fingerprint density at radius 1 is 1.53 bits per heavy atom. The summed E-state index contributed by atoms with van der Waals surface area (Å²) in [6.07, 6.45) is 0. The monoisotopic (exact) mass is 203 g/mol. The number of nitrogens with zero attached hydrogens (tertiary/aromatic N) is 1. The van der Waals surface area contributed by atoms with Crippen LogP contribution in [0.15, 0.2) is 18.2 Å². The Kier molecular flexibility index (Phi) is 3.43. The zero-order valence-corrected chi connectivity index (χ0v) is 7.87. The number of methoxy groups -OCH3 is 1. The van der Waals surface area contributed by atoms with E-state index < -0.39 is 11.8 Å². The Bertz CT molecular complexity index is 492. The zero-order chi connectivity index (χ0) is 11.3. The highest BCUT2D eigenvalue weighted by molar-refractivity contribution is 5.89. The van der Waals surface area contributed by atoms with Crippen LogP contribution < -0.4 is 0 Å². The van der Waals surface area contributed by atoms with Crippen LogP contribution in [0.3, 0.4) is 0 Å². The number of hydrogen-bond acceptors (Lipinski definition) is 3. The van der Waals surface area contributed by atoms with Crippen molar-refractivity contribution in [3.8, 4) is 17.9 Å². The maximum absolute atomic E-state index is 13.2. The molecule has 15 heavy (non-hydrogen) atoms. The smallest absolute Gasteiger partial charge is 0.384 e. The largest absolute Gasteiger partial charge is 0.459 e. The third-order valence-electron chi connectivity index (χ3n) is 1.58. The molecule has 0 N–H and O–H groups in total. The van der Waals surface area contributed by atoms with E-state index in [1.165, 1.54) is 19.2 Å². The molecule has 0 aliphatic heterocycles. The highest BCUT2D eigenvalue weighted by Crippen LogP contribution is 2.08. The Labute approximate surface area is 86.1 Å². The molecule has 0 spiro atoms. The molecule has 0 aliphatic rings. The Balaban J connectivity index is 3.01. The van der Waals surface area contributed by atoms with Gasteiger partial charge >= 0.3 is 5.97 Å². The number of benzene rings is 1. The van der Waals surface area contributed by atoms with Gasteiger partial charge in [0.05, 0.1) is 24.3 Å². The summed E-state index contributed by atoms with van der Waals surface area (Å²) < 4.78 is 17.5. The standard InChI is InChI=1S/C11H6FNO2/c1-15-11(14)5-4-9-3-2-8(7-13)6-10(9)12/h2-3,6H,1H3. The fourth-order valence-electron chi connectivity index (χ4n) is 0.855. The van der Waals surface area contributed by atoms with Crippen LogP contribution in [-0.4, -0.2) is 13.1 Å². The second-order valence-electron chi connectivity index (χ2n) is 2.55. The molecule has 1 aromatic rings. The minimum atomic E-state index is -0.737. The Morgan fingerprint density at radius 2 is 2.27 bits per heavy atom. The van der Waals surface area contributed by atoms with E-state index in [9.17, 15) is 9.18 Å². The predicted octanol–water partition coefficient (Wildman–Crippen LogP) is 1.22. The molecule has 4 heteroatoms. The Hall–Kier alpha value is -2.33. The van der Waals surface area contributed by atoms with Crippen molar-refractivity contribution >= 4 is 5.97 Å². The van der Waals surface area contributed by atoms with E-state index >= 15 is 0 Å². The maximum Gasteiger partial charge on any atom is 0.384 e. The summed E-state index contributed by atoms with van der Waals surface area (Å²) in [6.45, 7) is 0. The number of hydrogen-bond donors (Lipinski definition) is 0. The number of rotatable bonds is 0. The van der Waals surface area contributed by atoms with Gasteiger partial charge in [-0.2, -0.15) is 5.26 Å². The summed E-state index contributed by atoms with van der Waals surface area (Å²) in [5, 5.41) is 8.48. The van der Waals surface area contributed by atoms with Crippen LogP contribution in [0.5, 0.6) is 0 Å². The average molecular weight is 203 g/mol. The van der Waals surface area contributed by atoms with E-state index in [0.717, 1.165) is 6.07 Å². The van der Waals surface area contributed by atoms with Gasteiger partial charge in [-0.3, -0.25) is 0 Å². The van der Waals surface area contributed by atoms with E-state index in [1.807, 2.05) is 0 Å². The van der Waals surface area contributed by atoms with Gasteiger partial charge in [-0.1, -0.05) is 5.92 Å². The molecule has 3 nitrogen and oxygen atoms in total. The minimum absolute atomic E-state index is 0.0550. The molecule has 0 saturated heterocycles. The van der Waals surface area contributed by atoms with Gasteiger partial charge in [0.1, 0.15) is 5.82 Å². The second kappa shape index (κ2) is 4.78. The lowest BCUT2D eigenvalue weighted by Crippen LogP contribution is -1.95. The van der Waals surface area contributed by atoms with E-state index in [-0.39, 0.29) is 11.1 Å². The van der Waals surface area contributed by atoms with Crippen molar-refractivity contribution in [3.63, 3.8) is 0 Å². The van der Waals surface area contributed by atoms with Gasteiger partial charge in [0.25, 0.3) is 0 Å². The molecule has 0 aromatic heterocycles. The minimum Gasteiger partial charge on any atom is -0.459 e. The van der Waals surface area contributed by atoms with Gasteiger partial charge in [-0.15, -0.1) is 0 Å². The second-order valence-corrected chi connectivity index (χ2v) is 2.55. The first-order valence-electron chi connectivity index (χ1n) is 3.97. The number of esters is 1. The Morgan fingerprint density at radius 3 is 2.80 bits per heavy atom. The molecule has 0 fully saturated rings. The van der Waals surface area contributed by atoms with Crippen LogP contribution >= 0.6 is 0 Å². The van der Waals surface area contributed by atoms with E-state index in [1.54, 1.807) is 6.07 Å². The van der Waals surface area contributed by atoms with Crippen molar-refractivity contribution in [2.24, 2.45) is 0 Å². The number of nitriles is 1. The summed E-state index contributed by atoms with van der Waals surface area (Å²) in [7, 11) is 1.19. The molecule has 0 atom stereocenters. The van der Waals surface area contributed by atoms with E-state index in [2.05, 4.69) is 16.6 Å². The van der Waals surface area contributed by atoms with Crippen molar-refractivity contribution in [1.82, 2.24) is 0 Å². The highest BCUT2D eigenvalue weighted by atomic mass is 19.1. The first kappa shape index (κ1) is 10.7. The molecular weight excluding hydrogens is 197 g/mol. The van der Waals surface area contributed by atoms with Crippen molar-refractivity contribution in [3.05, 3.63) is 35.1 Å². The quantitative estimate of drug-likeness (QED) is 0.470. The summed E-state index contributed by atoms with van der Waals surface area (Å²) in [5.74, 6) is 3.03. The van der Waals surface area contributed by atoms with Gasteiger partial charge in [-0.05, 0) is 18.2 Å². The number of ether oxygens (including phenoxy) is 1. The molecule has 0 aliphatic carbocycles. The fourth-order valence-corrected chi connectivity index (χ4v) is 0.855. The van der Waals surface area contributed by atoms with Crippen LogP contribution in [0.25, 0.3) is 0 Å². The fraction of sp³-hybridized carbons (Fsp3) is 0.0909. The average Bonchev–Trinajstić information content (AvgIpc) is 2.26. The van der Waals surface area contributed by atoms with Crippen LogP contribution in [0.1, 0.15) is 11.1 Å². The number of carbonyl (C=O) groups excluding carboxylic acids is 1. The van der Waals surface area contributed by atoms with Crippen LogP contribution in [0, 0.1) is 29.0 Å². The molecule has 1 rings (SSSR count). The molecule has 0 saturated carbocycles. The van der Waals surface area contributed by atoms with Crippen LogP contribution in [0.4, 0.5) is 4.39 Å². The SMILES string of the molecule is COC(=O)C#Cc1ccc(C#N)cc1F. The maximum atomic E-state index is 13.2. The third-order valence-corrected chi connectivity index (χ3v) is 1.58. The molecule has 0 radical (unpaired) electrons. The molecule has 74 valence electrons. The predicted molar refractivity (Wildman–Crippen MR) is 50.0 cm³/mol. The van der Waals surface area contributed by atoms with Crippen LogP contribution in [0.2, 0.25) is 0 Å². The highest BCUT2D eigenvalue weighted by Gasteiger charge is 2.00. The van der Waals surface area contributed by atoms with Gasteiger partial charge in [0, 0.05) is 5.92 Å². The third kappa shape index (κ3) is 2.82. The topological polar surface area (TPSA) is 50.1 Å². The van der Waals surface area contributed by atoms with Crippen molar-refractivity contribution in [1.29, 1.82) is 5.26 Å². The number of halogens is 1. The first-order valence-corrected chi connectivity index (χ1v) is 3.97.